The Bertz CT molecular complexity index is 1410. The van der Waals surface area contributed by atoms with E-state index in [1.807, 2.05) is 54.3 Å². The fourth-order valence-corrected chi connectivity index (χ4v) is 4.58. The van der Waals surface area contributed by atoms with Gasteiger partial charge in [-0.05, 0) is 49.4 Å². The Morgan fingerprint density at radius 3 is 2.30 bits per heavy atom. The maximum atomic E-state index is 14.3. The number of nitrogens with zero attached hydrogens (tertiary/aromatic N) is 4. The average Bonchev–Trinajstić information content (AvgIpc) is 3.38. The van der Waals surface area contributed by atoms with Gasteiger partial charge in [0.25, 0.3) is 5.91 Å². The van der Waals surface area contributed by atoms with E-state index >= 15 is 0 Å². The zero-order chi connectivity index (χ0) is 25.9. The molecule has 3 aromatic carbocycles. The molecule has 1 aliphatic rings. The monoisotopic (exact) mass is 500 g/mol. The van der Waals surface area contributed by atoms with Crippen LogP contribution in [-0.4, -0.2) is 61.0 Å². The highest BCUT2D eigenvalue weighted by atomic mass is 19.1. The van der Waals surface area contributed by atoms with Gasteiger partial charge in [-0.3, -0.25) is 4.79 Å². The van der Waals surface area contributed by atoms with Crippen molar-refractivity contribution in [3.8, 4) is 28.4 Å². The third-order valence-electron chi connectivity index (χ3n) is 6.65. The first-order valence-corrected chi connectivity index (χ1v) is 12.2. The van der Waals surface area contributed by atoms with E-state index in [-0.39, 0.29) is 11.7 Å². The minimum Gasteiger partial charge on any atom is -0.497 e. The summed E-state index contributed by atoms with van der Waals surface area (Å²) in [6.07, 6.45) is 0. The minimum absolute atomic E-state index is 0.125. The Hall–Kier alpha value is -4.33. The Morgan fingerprint density at radius 2 is 1.62 bits per heavy atom. The molecule has 1 fully saturated rings. The number of rotatable bonds is 6. The summed E-state index contributed by atoms with van der Waals surface area (Å²) in [5.74, 6) is 0.894. The van der Waals surface area contributed by atoms with Gasteiger partial charge in [0.05, 0.1) is 31.3 Å². The highest BCUT2D eigenvalue weighted by Crippen LogP contribution is 2.34. The lowest BCUT2D eigenvalue weighted by Crippen LogP contribution is -2.49. The van der Waals surface area contributed by atoms with Crippen molar-refractivity contribution in [2.24, 2.45) is 0 Å². The molecule has 0 spiro atoms. The fraction of sp³-hybridized carbons (Fsp3) is 0.241. The van der Waals surface area contributed by atoms with Crippen LogP contribution in [0.1, 0.15) is 16.1 Å². The largest absolute Gasteiger partial charge is 0.497 e. The molecule has 190 valence electrons. The van der Waals surface area contributed by atoms with E-state index in [1.54, 1.807) is 48.1 Å². The maximum Gasteiger partial charge on any atom is 0.272 e. The Kier molecular flexibility index (Phi) is 6.81. The topological polar surface area (TPSA) is 59.8 Å². The standard InChI is InChI=1S/C29H29FN4O3/c1-20-8-10-21(11-9-20)34-27(19-25(31-34)23-13-12-22(36-2)18-28(23)37-3)29(35)33-16-14-32(15-17-33)26-7-5-4-6-24(26)30/h4-13,18-19H,14-17H2,1-3H3. The number of hydrogen-bond acceptors (Lipinski definition) is 5. The SMILES string of the molecule is COc1ccc(-c2cc(C(=O)N3CCN(c4ccccc4F)CC3)n(-c3ccc(C)cc3)n2)c(OC)c1. The van der Waals surface area contributed by atoms with Crippen LogP contribution in [0.15, 0.2) is 72.8 Å². The number of piperazine rings is 1. The van der Waals surface area contributed by atoms with Crippen molar-refractivity contribution in [3.63, 3.8) is 0 Å². The number of carbonyl (C=O) groups excluding carboxylic acids is 1. The van der Waals surface area contributed by atoms with Crippen LogP contribution >= 0.6 is 0 Å². The van der Waals surface area contributed by atoms with Crippen molar-refractivity contribution in [1.29, 1.82) is 0 Å². The lowest BCUT2D eigenvalue weighted by molar-refractivity contribution is 0.0737. The van der Waals surface area contributed by atoms with Crippen molar-refractivity contribution >= 4 is 11.6 Å². The zero-order valence-corrected chi connectivity index (χ0v) is 21.1. The normalized spacial score (nSPS) is 13.5. The molecule has 0 bridgehead atoms. The first kappa shape index (κ1) is 24.4. The molecule has 1 aromatic heterocycles. The van der Waals surface area contributed by atoms with E-state index in [0.29, 0.717) is 54.8 Å². The first-order valence-electron chi connectivity index (χ1n) is 12.2. The van der Waals surface area contributed by atoms with Crippen molar-refractivity contribution in [1.82, 2.24) is 14.7 Å². The van der Waals surface area contributed by atoms with Crippen molar-refractivity contribution in [3.05, 3.63) is 89.9 Å². The van der Waals surface area contributed by atoms with E-state index < -0.39 is 0 Å². The number of anilines is 1. The number of hydrogen-bond donors (Lipinski definition) is 0. The summed E-state index contributed by atoms with van der Waals surface area (Å²) in [6.45, 7) is 4.07. The molecule has 5 rings (SSSR count). The molecule has 37 heavy (non-hydrogen) atoms. The molecule has 8 heteroatoms. The molecule has 2 heterocycles. The molecule has 0 aliphatic carbocycles. The van der Waals surface area contributed by atoms with Gasteiger partial charge in [0.1, 0.15) is 23.0 Å². The number of aryl methyl sites for hydroxylation is 1. The number of aromatic nitrogens is 2. The summed E-state index contributed by atoms with van der Waals surface area (Å²) < 4.78 is 26.9. The van der Waals surface area contributed by atoms with E-state index in [4.69, 9.17) is 14.6 Å². The zero-order valence-electron chi connectivity index (χ0n) is 21.1. The maximum absolute atomic E-state index is 14.3. The number of para-hydroxylation sites is 1. The number of benzene rings is 3. The van der Waals surface area contributed by atoms with Crippen LogP contribution in [0.5, 0.6) is 11.5 Å². The van der Waals surface area contributed by atoms with E-state index in [9.17, 15) is 9.18 Å². The van der Waals surface area contributed by atoms with Crippen molar-refractivity contribution in [2.75, 3.05) is 45.3 Å². The highest BCUT2D eigenvalue weighted by Gasteiger charge is 2.27. The third kappa shape index (κ3) is 4.87. The molecule has 1 saturated heterocycles. The van der Waals surface area contributed by atoms with Crippen LogP contribution < -0.4 is 14.4 Å². The van der Waals surface area contributed by atoms with Gasteiger partial charge >= 0.3 is 0 Å². The molecular weight excluding hydrogens is 471 g/mol. The number of ether oxygens (including phenoxy) is 2. The Labute approximate surface area is 215 Å². The average molecular weight is 501 g/mol. The van der Waals surface area contributed by atoms with Crippen LogP contribution in [0.4, 0.5) is 10.1 Å². The van der Waals surface area contributed by atoms with Gasteiger partial charge in [0.15, 0.2) is 0 Å². The van der Waals surface area contributed by atoms with Gasteiger partial charge in [-0.1, -0.05) is 29.8 Å². The summed E-state index contributed by atoms with van der Waals surface area (Å²) in [5, 5.41) is 4.82. The van der Waals surface area contributed by atoms with Crippen LogP contribution in [0.2, 0.25) is 0 Å². The molecule has 1 aliphatic heterocycles. The van der Waals surface area contributed by atoms with Gasteiger partial charge < -0.3 is 19.3 Å². The number of carbonyl (C=O) groups is 1. The summed E-state index contributed by atoms with van der Waals surface area (Å²) >= 11 is 0. The van der Waals surface area contributed by atoms with Crippen molar-refractivity contribution in [2.45, 2.75) is 6.92 Å². The predicted molar refractivity (Wildman–Crippen MR) is 141 cm³/mol. The van der Waals surface area contributed by atoms with Crippen LogP contribution in [-0.2, 0) is 0 Å². The minimum atomic E-state index is -0.252. The molecule has 0 unspecified atom stereocenters. The summed E-state index contributed by atoms with van der Waals surface area (Å²) in [6, 6.07) is 21.9. The summed E-state index contributed by atoms with van der Waals surface area (Å²) in [4.78, 5) is 17.6. The van der Waals surface area contributed by atoms with Crippen LogP contribution in [0, 0.1) is 12.7 Å². The molecular formula is C29H29FN4O3. The Morgan fingerprint density at radius 1 is 0.892 bits per heavy atom. The first-order chi connectivity index (χ1) is 18.0. The number of methoxy groups -OCH3 is 2. The second-order valence-electron chi connectivity index (χ2n) is 8.96. The molecule has 0 atom stereocenters. The van der Waals surface area contributed by atoms with Crippen molar-refractivity contribution < 1.29 is 18.7 Å². The lowest BCUT2D eigenvalue weighted by Gasteiger charge is -2.36. The van der Waals surface area contributed by atoms with Gasteiger partial charge in [-0.2, -0.15) is 5.10 Å². The van der Waals surface area contributed by atoms with E-state index in [2.05, 4.69) is 0 Å². The number of amides is 1. The molecule has 4 aromatic rings. The predicted octanol–water partition coefficient (Wildman–Crippen LogP) is 4.97. The highest BCUT2D eigenvalue weighted by molar-refractivity contribution is 5.95. The van der Waals surface area contributed by atoms with E-state index in [0.717, 1.165) is 16.8 Å². The van der Waals surface area contributed by atoms with Gasteiger partial charge in [-0.15, -0.1) is 0 Å². The van der Waals surface area contributed by atoms with Gasteiger partial charge in [0, 0.05) is 37.8 Å². The van der Waals surface area contributed by atoms with Crippen LogP contribution in [0.3, 0.4) is 0 Å². The number of halogens is 1. The molecule has 1 amide bonds. The second kappa shape index (κ2) is 10.3. The van der Waals surface area contributed by atoms with Gasteiger partial charge in [-0.25, -0.2) is 9.07 Å². The molecule has 0 N–H and O–H groups in total. The molecule has 0 saturated carbocycles. The summed E-state index contributed by atoms with van der Waals surface area (Å²) in [7, 11) is 3.19. The quantitative estimate of drug-likeness (QED) is 0.374. The molecule has 7 nitrogen and oxygen atoms in total. The smallest absolute Gasteiger partial charge is 0.272 e. The second-order valence-corrected chi connectivity index (χ2v) is 8.96. The lowest BCUT2D eigenvalue weighted by atomic mass is 10.1. The van der Waals surface area contributed by atoms with Gasteiger partial charge in [0.2, 0.25) is 0 Å². The van der Waals surface area contributed by atoms with E-state index in [1.165, 1.54) is 6.07 Å². The fourth-order valence-electron chi connectivity index (χ4n) is 4.58. The van der Waals surface area contributed by atoms with Crippen LogP contribution in [0.25, 0.3) is 16.9 Å². The molecule has 0 radical (unpaired) electrons. The summed E-state index contributed by atoms with van der Waals surface area (Å²) in [5.41, 5.74) is 4.30. The third-order valence-corrected chi connectivity index (χ3v) is 6.65. The Balaban J connectivity index is 1.47.